The maximum Gasteiger partial charge on any atom is 0.101 e. The van der Waals surface area contributed by atoms with Gasteiger partial charge in [0, 0.05) is 0 Å². The summed E-state index contributed by atoms with van der Waals surface area (Å²) in [5, 5.41) is 18.4. The number of nitriles is 2. The van der Waals surface area contributed by atoms with Gasteiger partial charge in [-0.2, -0.15) is 10.5 Å². The van der Waals surface area contributed by atoms with Gasteiger partial charge in [0.05, 0.1) is 11.1 Å². The molecule has 0 saturated heterocycles. The monoisotopic (exact) mass is 248 g/mol. The summed E-state index contributed by atoms with van der Waals surface area (Å²) in [6, 6.07) is 8.45. The lowest BCUT2D eigenvalue weighted by atomic mass is 9.67. The first-order valence-corrected chi connectivity index (χ1v) is 7.26. The van der Waals surface area contributed by atoms with Crippen LogP contribution in [-0.2, 0) is 0 Å². The second-order valence-corrected chi connectivity index (χ2v) is 6.55. The molecule has 0 aromatic heterocycles. The van der Waals surface area contributed by atoms with Gasteiger partial charge < -0.3 is 0 Å². The quantitative estimate of drug-likeness (QED) is 0.700. The number of nitrogens with zero attached hydrogens (tertiary/aromatic N) is 2. The molecule has 0 unspecified atom stereocenters. The van der Waals surface area contributed by atoms with Crippen molar-refractivity contribution >= 4 is 0 Å². The molecular formula is C17H16N2. The van der Waals surface area contributed by atoms with E-state index >= 15 is 0 Å². The van der Waals surface area contributed by atoms with Gasteiger partial charge in [-0.05, 0) is 79.0 Å². The summed E-state index contributed by atoms with van der Waals surface area (Å²) >= 11 is 0. The molecule has 0 amide bonds. The molecule has 2 fully saturated rings. The van der Waals surface area contributed by atoms with Crippen molar-refractivity contribution in [2.45, 2.75) is 43.9 Å². The van der Waals surface area contributed by atoms with Crippen molar-refractivity contribution < 1.29 is 0 Å². The predicted molar refractivity (Wildman–Crippen MR) is 71.4 cm³/mol. The molecule has 2 heteroatoms. The van der Waals surface area contributed by atoms with E-state index < -0.39 is 0 Å². The summed E-state index contributed by atoms with van der Waals surface area (Å²) in [7, 11) is 0. The zero-order valence-corrected chi connectivity index (χ0v) is 10.9. The Kier molecular flexibility index (Phi) is 2.24. The molecule has 4 aliphatic carbocycles. The maximum absolute atomic E-state index is 9.22. The lowest BCUT2D eigenvalue weighted by molar-refractivity contribution is 0.166. The van der Waals surface area contributed by atoms with E-state index in [9.17, 15) is 10.5 Å². The van der Waals surface area contributed by atoms with Crippen LogP contribution in [0.15, 0.2) is 12.1 Å². The van der Waals surface area contributed by atoms with Gasteiger partial charge in [0.2, 0.25) is 0 Å². The van der Waals surface area contributed by atoms with Crippen LogP contribution in [0.5, 0.6) is 0 Å². The van der Waals surface area contributed by atoms with Crippen LogP contribution < -0.4 is 0 Å². The third-order valence-electron chi connectivity index (χ3n) is 5.48. The van der Waals surface area contributed by atoms with E-state index in [0.29, 0.717) is 23.0 Å². The standard InChI is InChI=1S/C17H16N2/c18-8-14-6-16-12-2-10-1-11(4-12)5-13(3-10)17(16)7-15(14)9-19/h6-7,10-13H,1-5H2. The Bertz CT molecular complexity index is 565. The van der Waals surface area contributed by atoms with Crippen molar-refractivity contribution in [1.29, 1.82) is 10.5 Å². The Hall–Kier alpha value is -1.80. The molecule has 2 nitrogen and oxygen atoms in total. The van der Waals surface area contributed by atoms with Crippen molar-refractivity contribution in [3.05, 3.63) is 34.4 Å². The van der Waals surface area contributed by atoms with Gasteiger partial charge in [-0.3, -0.25) is 0 Å². The van der Waals surface area contributed by atoms with E-state index in [1.807, 2.05) is 12.1 Å². The van der Waals surface area contributed by atoms with Crippen molar-refractivity contribution in [2.75, 3.05) is 0 Å². The van der Waals surface area contributed by atoms with E-state index in [2.05, 4.69) is 12.1 Å². The molecule has 1 aromatic rings. The van der Waals surface area contributed by atoms with Crippen molar-refractivity contribution in [1.82, 2.24) is 0 Å². The highest BCUT2D eigenvalue weighted by molar-refractivity contribution is 5.53. The number of rotatable bonds is 0. The fraction of sp³-hybridized carbons (Fsp3) is 0.529. The molecule has 0 aliphatic heterocycles. The van der Waals surface area contributed by atoms with Gasteiger partial charge in [-0.1, -0.05) is 0 Å². The minimum absolute atomic E-state index is 0.572. The van der Waals surface area contributed by atoms with Crippen LogP contribution in [0, 0.1) is 34.5 Å². The van der Waals surface area contributed by atoms with E-state index in [0.717, 1.165) is 11.8 Å². The van der Waals surface area contributed by atoms with Crippen LogP contribution in [0.3, 0.4) is 0 Å². The Morgan fingerprint density at radius 3 is 1.53 bits per heavy atom. The second kappa shape index (κ2) is 3.84. The fourth-order valence-electron chi connectivity index (χ4n) is 4.88. The average Bonchev–Trinajstić information content (AvgIpc) is 2.59. The van der Waals surface area contributed by atoms with Gasteiger partial charge in [0.25, 0.3) is 0 Å². The van der Waals surface area contributed by atoms with E-state index in [4.69, 9.17) is 0 Å². The van der Waals surface area contributed by atoms with Gasteiger partial charge in [-0.15, -0.1) is 0 Å². The van der Waals surface area contributed by atoms with Crippen molar-refractivity contribution in [3.8, 4) is 12.1 Å². The zero-order valence-electron chi connectivity index (χ0n) is 10.9. The number of benzene rings is 1. The first-order chi connectivity index (χ1) is 9.28. The summed E-state index contributed by atoms with van der Waals surface area (Å²) in [5.41, 5.74) is 3.93. The second-order valence-electron chi connectivity index (χ2n) is 6.55. The smallest absolute Gasteiger partial charge is 0.101 e. The lowest BCUT2D eigenvalue weighted by Crippen LogP contribution is -2.25. The third-order valence-corrected chi connectivity index (χ3v) is 5.48. The molecule has 0 atom stereocenters. The fourth-order valence-corrected chi connectivity index (χ4v) is 4.88. The molecule has 5 rings (SSSR count). The molecule has 0 radical (unpaired) electrons. The minimum atomic E-state index is 0.572. The highest BCUT2D eigenvalue weighted by Gasteiger charge is 2.42. The highest BCUT2D eigenvalue weighted by Crippen LogP contribution is 2.56. The van der Waals surface area contributed by atoms with Gasteiger partial charge in [0.15, 0.2) is 0 Å². The average molecular weight is 248 g/mol. The molecule has 4 aliphatic rings. The molecule has 4 bridgehead atoms. The molecule has 94 valence electrons. The van der Waals surface area contributed by atoms with Crippen LogP contribution in [0.2, 0.25) is 0 Å². The van der Waals surface area contributed by atoms with Gasteiger partial charge >= 0.3 is 0 Å². The Balaban J connectivity index is 1.93. The SMILES string of the molecule is N#Cc1cc2c(cc1C#N)C1CC3CC(CC2C3)C1. The van der Waals surface area contributed by atoms with Gasteiger partial charge in [0.1, 0.15) is 12.1 Å². The lowest BCUT2D eigenvalue weighted by Gasteiger charge is -2.38. The van der Waals surface area contributed by atoms with E-state index in [1.54, 1.807) is 0 Å². The Labute approximate surface area is 113 Å². The third kappa shape index (κ3) is 1.53. The first-order valence-electron chi connectivity index (χ1n) is 7.26. The molecule has 0 N–H and O–H groups in total. The highest BCUT2D eigenvalue weighted by atomic mass is 14.5. The van der Waals surface area contributed by atoms with E-state index in [1.165, 1.54) is 43.2 Å². The van der Waals surface area contributed by atoms with Crippen molar-refractivity contribution in [2.24, 2.45) is 11.8 Å². The molecule has 0 spiro atoms. The summed E-state index contributed by atoms with van der Waals surface area (Å²) in [4.78, 5) is 0. The zero-order chi connectivity index (χ0) is 13.0. The summed E-state index contributed by atoms with van der Waals surface area (Å²) in [6.07, 6.45) is 6.62. The topological polar surface area (TPSA) is 47.6 Å². The molecular weight excluding hydrogens is 232 g/mol. The minimum Gasteiger partial charge on any atom is -0.192 e. The van der Waals surface area contributed by atoms with Crippen LogP contribution in [-0.4, -0.2) is 0 Å². The molecule has 2 saturated carbocycles. The predicted octanol–water partition coefficient (Wildman–Crippen LogP) is 3.82. The van der Waals surface area contributed by atoms with Crippen molar-refractivity contribution in [3.63, 3.8) is 0 Å². The normalized spacial score (nSPS) is 34.2. The Morgan fingerprint density at radius 2 is 1.16 bits per heavy atom. The summed E-state index contributed by atoms with van der Waals surface area (Å²) in [5.74, 6) is 3.05. The van der Waals surface area contributed by atoms with Crippen LogP contribution >= 0.6 is 0 Å². The van der Waals surface area contributed by atoms with Crippen LogP contribution in [0.4, 0.5) is 0 Å². The van der Waals surface area contributed by atoms with E-state index in [-0.39, 0.29) is 0 Å². The van der Waals surface area contributed by atoms with Crippen LogP contribution in [0.25, 0.3) is 0 Å². The molecule has 19 heavy (non-hydrogen) atoms. The maximum atomic E-state index is 9.22. The largest absolute Gasteiger partial charge is 0.192 e. The number of hydrogen-bond acceptors (Lipinski definition) is 2. The molecule has 1 aromatic carbocycles. The summed E-state index contributed by atoms with van der Waals surface area (Å²) in [6.45, 7) is 0. The first kappa shape index (κ1) is 11.1. The van der Waals surface area contributed by atoms with Crippen LogP contribution in [0.1, 0.15) is 66.2 Å². The van der Waals surface area contributed by atoms with Gasteiger partial charge in [-0.25, -0.2) is 0 Å². The summed E-state index contributed by atoms with van der Waals surface area (Å²) < 4.78 is 0. The Morgan fingerprint density at radius 1 is 0.737 bits per heavy atom. The molecule has 0 heterocycles. The number of hydrogen-bond donors (Lipinski definition) is 0.